The number of hydrogen-bond donors (Lipinski definition) is 1. The first-order valence-corrected chi connectivity index (χ1v) is 8.36. The molecule has 1 aromatic heterocycles. The number of hydrogen-bond acceptors (Lipinski definition) is 4. The Hall–Kier alpha value is -0.840. The van der Waals surface area contributed by atoms with Gasteiger partial charge in [0.25, 0.3) is 0 Å². The maximum atomic E-state index is 6.23. The van der Waals surface area contributed by atoms with Gasteiger partial charge in [-0.25, -0.2) is 4.98 Å². The monoisotopic (exact) mass is 308 g/mol. The average Bonchev–Trinajstić information content (AvgIpc) is 2.49. The second-order valence-electron chi connectivity index (χ2n) is 6.31. The molecular weight excluding hydrogens is 284 g/mol. The molecule has 2 aliphatic rings. The lowest BCUT2D eigenvalue weighted by Crippen LogP contribution is -2.59. The molecule has 3 rings (SSSR count). The van der Waals surface area contributed by atoms with Crippen molar-refractivity contribution in [3.05, 3.63) is 22.8 Å². The molecule has 2 unspecified atom stereocenters. The Labute approximate surface area is 132 Å². The Balaban J connectivity index is 1.80. The summed E-state index contributed by atoms with van der Waals surface area (Å²) in [6, 6.07) is 3.35. The summed E-state index contributed by atoms with van der Waals surface area (Å²) in [6.45, 7) is 6.60. The lowest BCUT2D eigenvalue weighted by atomic mass is 9.97. The molecule has 0 aliphatic carbocycles. The Kier molecular flexibility index (Phi) is 4.67. The van der Waals surface area contributed by atoms with Gasteiger partial charge in [-0.1, -0.05) is 18.0 Å². The van der Waals surface area contributed by atoms with Crippen LogP contribution < -0.4 is 10.2 Å². The van der Waals surface area contributed by atoms with Crippen molar-refractivity contribution in [3.8, 4) is 0 Å². The summed E-state index contributed by atoms with van der Waals surface area (Å²) < 4.78 is 0. The molecule has 1 N–H and O–H groups in total. The number of nitrogens with one attached hydrogen (secondary N) is 1. The molecule has 2 aliphatic heterocycles. The van der Waals surface area contributed by atoms with Crippen molar-refractivity contribution in [1.82, 2.24) is 15.2 Å². The zero-order valence-electron chi connectivity index (χ0n) is 13.0. The molecular formula is C16H25ClN4. The number of nitrogens with zero attached hydrogens (tertiary/aromatic N) is 3. The van der Waals surface area contributed by atoms with E-state index < -0.39 is 0 Å². The van der Waals surface area contributed by atoms with Crippen molar-refractivity contribution in [2.24, 2.45) is 0 Å². The van der Waals surface area contributed by atoms with E-state index in [1.165, 1.54) is 25.8 Å². The first-order valence-electron chi connectivity index (χ1n) is 7.98. The summed E-state index contributed by atoms with van der Waals surface area (Å²) in [5.74, 6) is 1.07. The molecule has 2 atom stereocenters. The van der Waals surface area contributed by atoms with E-state index in [9.17, 15) is 0 Å². The lowest BCUT2D eigenvalue weighted by molar-refractivity contribution is 0.115. The van der Waals surface area contributed by atoms with Gasteiger partial charge in [0.1, 0.15) is 5.82 Å². The molecule has 2 fully saturated rings. The molecule has 0 bridgehead atoms. The van der Waals surface area contributed by atoms with Crippen molar-refractivity contribution in [3.63, 3.8) is 0 Å². The number of piperidine rings is 1. The van der Waals surface area contributed by atoms with Crippen LogP contribution >= 0.6 is 11.6 Å². The topological polar surface area (TPSA) is 31.4 Å². The fraction of sp³-hybridized carbons (Fsp3) is 0.688. The second-order valence-corrected chi connectivity index (χ2v) is 6.72. The fourth-order valence-electron chi connectivity index (χ4n) is 3.62. The van der Waals surface area contributed by atoms with Crippen molar-refractivity contribution < 1.29 is 0 Å². The van der Waals surface area contributed by atoms with E-state index in [1.807, 2.05) is 7.05 Å². The van der Waals surface area contributed by atoms with E-state index in [4.69, 9.17) is 11.6 Å². The van der Waals surface area contributed by atoms with Crippen LogP contribution in [0.25, 0.3) is 0 Å². The fourth-order valence-corrected chi connectivity index (χ4v) is 3.79. The van der Waals surface area contributed by atoms with Crippen LogP contribution in [0.5, 0.6) is 0 Å². The first-order chi connectivity index (χ1) is 10.2. The second kappa shape index (κ2) is 6.51. The summed E-state index contributed by atoms with van der Waals surface area (Å²) in [4.78, 5) is 9.70. The third kappa shape index (κ3) is 3.17. The van der Waals surface area contributed by atoms with Crippen LogP contribution in [0, 0.1) is 0 Å². The van der Waals surface area contributed by atoms with Gasteiger partial charge in [-0.3, -0.25) is 4.90 Å². The third-order valence-corrected chi connectivity index (χ3v) is 5.11. The molecule has 3 heterocycles. The highest BCUT2D eigenvalue weighted by Gasteiger charge is 2.33. The van der Waals surface area contributed by atoms with Gasteiger partial charge < -0.3 is 10.2 Å². The van der Waals surface area contributed by atoms with Gasteiger partial charge >= 0.3 is 0 Å². The zero-order chi connectivity index (χ0) is 14.8. The van der Waals surface area contributed by atoms with Crippen LogP contribution in [-0.2, 0) is 6.54 Å². The number of anilines is 1. The van der Waals surface area contributed by atoms with Gasteiger partial charge in [-0.2, -0.15) is 0 Å². The minimum absolute atomic E-state index is 0.510. The molecule has 0 aromatic carbocycles. The SMILES string of the molecule is CNCc1cc(N2CC3CCCCN3CC2C)ncc1Cl. The van der Waals surface area contributed by atoms with E-state index in [0.29, 0.717) is 12.1 Å². The van der Waals surface area contributed by atoms with Gasteiger partial charge in [0.15, 0.2) is 0 Å². The number of pyridine rings is 1. The Morgan fingerprint density at radius 1 is 1.38 bits per heavy atom. The van der Waals surface area contributed by atoms with E-state index >= 15 is 0 Å². The molecule has 0 spiro atoms. The van der Waals surface area contributed by atoms with Gasteiger partial charge in [-0.15, -0.1) is 0 Å². The third-order valence-electron chi connectivity index (χ3n) is 4.77. The maximum Gasteiger partial charge on any atom is 0.129 e. The minimum atomic E-state index is 0.510. The maximum absolute atomic E-state index is 6.23. The number of halogens is 1. The van der Waals surface area contributed by atoms with E-state index in [0.717, 1.165) is 36.0 Å². The lowest BCUT2D eigenvalue weighted by Gasteiger charge is -2.48. The Morgan fingerprint density at radius 2 is 2.24 bits per heavy atom. The predicted octanol–water partition coefficient (Wildman–Crippen LogP) is 2.52. The molecule has 0 saturated carbocycles. The molecule has 5 heteroatoms. The van der Waals surface area contributed by atoms with Crippen LogP contribution in [-0.4, -0.2) is 48.6 Å². The standard InChI is InChI=1S/C16H25ClN4/c1-12-10-20-6-4-3-5-14(20)11-21(12)16-7-13(8-18-2)15(17)9-19-16/h7,9,12,14,18H,3-6,8,10-11H2,1-2H3. The highest BCUT2D eigenvalue weighted by Crippen LogP contribution is 2.28. The van der Waals surface area contributed by atoms with Crippen molar-refractivity contribution in [2.45, 2.75) is 44.8 Å². The Morgan fingerprint density at radius 3 is 3.05 bits per heavy atom. The zero-order valence-corrected chi connectivity index (χ0v) is 13.7. The van der Waals surface area contributed by atoms with Gasteiger partial charge in [0, 0.05) is 37.9 Å². The highest BCUT2D eigenvalue weighted by atomic mass is 35.5. The summed E-state index contributed by atoms with van der Waals surface area (Å²) >= 11 is 6.23. The average molecular weight is 309 g/mol. The van der Waals surface area contributed by atoms with E-state index in [2.05, 4.69) is 33.1 Å². The van der Waals surface area contributed by atoms with E-state index in [-0.39, 0.29) is 0 Å². The number of fused-ring (bicyclic) bond motifs is 1. The summed E-state index contributed by atoms with van der Waals surface area (Å²) in [5.41, 5.74) is 1.13. The van der Waals surface area contributed by atoms with Crippen molar-refractivity contribution in [2.75, 3.05) is 31.6 Å². The van der Waals surface area contributed by atoms with Crippen LogP contribution in [0.4, 0.5) is 5.82 Å². The van der Waals surface area contributed by atoms with Crippen LogP contribution in [0.15, 0.2) is 12.3 Å². The van der Waals surface area contributed by atoms with E-state index in [1.54, 1.807) is 6.20 Å². The largest absolute Gasteiger partial charge is 0.351 e. The van der Waals surface area contributed by atoms with Crippen molar-refractivity contribution in [1.29, 1.82) is 0 Å². The Bertz CT molecular complexity index is 493. The quantitative estimate of drug-likeness (QED) is 0.930. The number of aromatic nitrogens is 1. The van der Waals surface area contributed by atoms with Gasteiger partial charge in [-0.05, 0) is 45.0 Å². The van der Waals surface area contributed by atoms with Gasteiger partial charge in [0.2, 0.25) is 0 Å². The van der Waals surface area contributed by atoms with Crippen LogP contribution in [0.1, 0.15) is 31.7 Å². The first kappa shape index (κ1) is 15.1. The normalized spacial score (nSPS) is 26.7. The van der Waals surface area contributed by atoms with Crippen molar-refractivity contribution >= 4 is 17.4 Å². The minimum Gasteiger partial charge on any atom is -0.351 e. The van der Waals surface area contributed by atoms with Crippen LogP contribution in [0.2, 0.25) is 5.02 Å². The summed E-state index contributed by atoms with van der Waals surface area (Å²) in [5, 5.41) is 3.92. The molecule has 1 aromatic rings. The van der Waals surface area contributed by atoms with Gasteiger partial charge in [0.05, 0.1) is 5.02 Å². The number of piperazine rings is 1. The molecule has 4 nitrogen and oxygen atoms in total. The molecule has 2 saturated heterocycles. The predicted molar refractivity (Wildman–Crippen MR) is 88.0 cm³/mol. The van der Waals surface area contributed by atoms with Crippen LogP contribution in [0.3, 0.4) is 0 Å². The number of rotatable bonds is 3. The summed E-state index contributed by atoms with van der Waals surface area (Å²) in [7, 11) is 1.94. The molecule has 21 heavy (non-hydrogen) atoms. The molecule has 0 radical (unpaired) electrons. The highest BCUT2D eigenvalue weighted by molar-refractivity contribution is 6.31. The summed E-state index contributed by atoms with van der Waals surface area (Å²) in [6.07, 6.45) is 5.83. The molecule has 116 valence electrons. The smallest absolute Gasteiger partial charge is 0.129 e. The molecule has 0 amide bonds.